The maximum Gasteiger partial charge on any atom is 0.248 e. The molecule has 7 nitrogen and oxygen atoms in total. The van der Waals surface area contributed by atoms with Gasteiger partial charge in [0.2, 0.25) is 5.91 Å². The van der Waals surface area contributed by atoms with Crippen LogP contribution in [0.1, 0.15) is 34.1 Å². The Labute approximate surface area is 163 Å². The summed E-state index contributed by atoms with van der Waals surface area (Å²) in [4.78, 5) is 23.3. The minimum atomic E-state index is -0.548. The third-order valence-electron chi connectivity index (χ3n) is 4.41. The molecule has 2 aromatic rings. The van der Waals surface area contributed by atoms with E-state index in [4.69, 9.17) is 19.9 Å². The van der Waals surface area contributed by atoms with Gasteiger partial charge in [0.05, 0.1) is 25.0 Å². The van der Waals surface area contributed by atoms with Crippen molar-refractivity contribution in [2.45, 2.75) is 19.4 Å². The Morgan fingerprint density at radius 3 is 2.61 bits per heavy atom. The number of anilines is 2. The second-order valence-corrected chi connectivity index (χ2v) is 6.54. The molecule has 3 N–H and O–H groups in total. The Bertz CT molecular complexity index is 829. The van der Waals surface area contributed by atoms with Gasteiger partial charge in [0.15, 0.2) is 5.78 Å². The van der Waals surface area contributed by atoms with Crippen molar-refractivity contribution in [3.63, 3.8) is 0 Å². The van der Waals surface area contributed by atoms with Crippen LogP contribution in [0, 0.1) is 0 Å². The second-order valence-electron chi connectivity index (χ2n) is 6.54. The number of nitrogens with two attached hydrogens (primary N) is 1. The van der Waals surface area contributed by atoms with Crippen molar-refractivity contribution in [2.24, 2.45) is 5.73 Å². The minimum absolute atomic E-state index is 0.105. The Hall–Kier alpha value is -2.90. The third-order valence-corrected chi connectivity index (χ3v) is 4.41. The van der Waals surface area contributed by atoms with Crippen molar-refractivity contribution >= 4 is 23.1 Å². The first-order valence-corrected chi connectivity index (χ1v) is 9.17. The van der Waals surface area contributed by atoms with E-state index in [0.29, 0.717) is 36.6 Å². The zero-order valence-electron chi connectivity index (χ0n) is 15.8. The number of rotatable bonds is 9. The third kappa shape index (κ3) is 5.31. The van der Waals surface area contributed by atoms with E-state index in [1.54, 1.807) is 18.2 Å². The predicted molar refractivity (Wildman–Crippen MR) is 105 cm³/mol. The van der Waals surface area contributed by atoms with Gasteiger partial charge in [-0.1, -0.05) is 0 Å². The molecule has 0 radical (unpaired) electrons. The molecule has 7 heteroatoms. The Morgan fingerprint density at radius 2 is 1.96 bits per heavy atom. The van der Waals surface area contributed by atoms with Gasteiger partial charge < -0.3 is 25.3 Å². The molecule has 1 heterocycles. The number of amides is 1. The van der Waals surface area contributed by atoms with Gasteiger partial charge in [0.1, 0.15) is 12.4 Å². The second kappa shape index (κ2) is 9.34. The molecule has 0 spiro atoms. The van der Waals surface area contributed by atoms with Crippen LogP contribution >= 0.6 is 0 Å². The quantitative estimate of drug-likeness (QED) is 0.509. The summed E-state index contributed by atoms with van der Waals surface area (Å²) in [6.45, 7) is 3.85. The zero-order valence-corrected chi connectivity index (χ0v) is 15.8. The molecule has 1 unspecified atom stereocenters. The van der Waals surface area contributed by atoms with Gasteiger partial charge in [-0.3, -0.25) is 9.59 Å². The maximum absolute atomic E-state index is 11.8. The van der Waals surface area contributed by atoms with Gasteiger partial charge in [-0.25, -0.2) is 0 Å². The van der Waals surface area contributed by atoms with E-state index in [0.717, 1.165) is 24.5 Å². The molecule has 0 saturated carbocycles. The Balaban J connectivity index is 1.58. The smallest absolute Gasteiger partial charge is 0.248 e. The molecule has 1 amide bonds. The highest BCUT2D eigenvalue weighted by atomic mass is 16.6. The van der Waals surface area contributed by atoms with Crippen LogP contribution < -0.4 is 15.8 Å². The normalized spacial score (nSPS) is 16.0. The maximum atomic E-state index is 11.8. The van der Waals surface area contributed by atoms with E-state index in [2.05, 4.69) is 5.32 Å². The molecule has 148 valence electrons. The van der Waals surface area contributed by atoms with E-state index in [1.807, 2.05) is 24.3 Å². The van der Waals surface area contributed by atoms with Crippen molar-refractivity contribution in [2.75, 3.05) is 31.7 Å². The molecule has 28 heavy (non-hydrogen) atoms. The Morgan fingerprint density at radius 1 is 1.18 bits per heavy atom. The first kappa shape index (κ1) is 19.9. The number of benzene rings is 2. The lowest BCUT2D eigenvalue weighted by molar-refractivity contribution is 0.0265. The van der Waals surface area contributed by atoms with Crippen molar-refractivity contribution < 1.29 is 23.8 Å². The molecule has 1 saturated heterocycles. The zero-order chi connectivity index (χ0) is 19.9. The summed E-state index contributed by atoms with van der Waals surface area (Å²) >= 11 is 0. The molecule has 1 fully saturated rings. The van der Waals surface area contributed by atoms with Crippen molar-refractivity contribution in [3.8, 4) is 5.75 Å². The molecule has 0 bridgehead atoms. The SMILES string of the molecule is CC(=O)c1ccc(C(N)=O)cc1Nc1ccc(OCCOC2CCOC2)cc1. The monoisotopic (exact) mass is 384 g/mol. The Kier molecular flexibility index (Phi) is 6.62. The van der Waals surface area contributed by atoms with Gasteiger partial charge >= 0.3 is 0 Å². The number of nitrogens with one attached hydrogen (secondary N) is 1. The lowest BCUT2D eigenvalue weighted by Crippen LogP contribution is -2.17. The van der Waals surface area contributed by atoms with Gasteiger partial charge in [-0.05, 0) is 55.8 Å². The highest BCUT2D eigenvalue weighted by molar-refractivity contribution is 6.03. The van der Waals surface area contributed by atoms with Crippen LogP contribution in [0.5, 0.6) is 5.75 Å². The summed E-state index contributed by atoms with van der Waals surface area (Å²) in [7, 11) is 0. The average molecular weight is 384 g/mol. The highest BCUT2D eigenvalue weighted by Gasteiger charge is 2.15. The summed E-state index contributed by atoms with van der Waals surface area (Å²) in [5.74, 6) is 0.0638. The number of carbonyl (C=O) groups excluding carboxylic acids is 2. The van der Waals surface area contributed by atoms with Crippen LogP contribution in [-0.4, -0.2) is 44.2 Å². The number of primary amides is 1. The summed E-state index contributed by atoms with van der Waals surface area (Å²) < 4.78 is 16.6. The van der Waals surface area contributed by atoms with Crippen LogP contribution in [0.25, 0.3) is 0 Å². The summed E-state index contributed by atoms with van der Waals surface area (Å²) in [5, 5.41) is 3.16. The van der Waals surface area contributed by atoms with Gasteiger partial charge in [-0.2, -0.15) is 0 Å². The van der Waals surface area contributed by atoms with Crippen LogP contribution in [0.2, 0.25) is 0 Å². The fourth-order valence-electron chi connectivity index (χ4n) is 2.92. The number of hydrogen-bond donors (Lipinski definition) is 2. The molecule has 1 aliphatic rings. The predicted octanol–water partition coefficient (Wildman–Crippen LogP) is 2.92. The lowest BCUT2D eigenvalue weighted by Gasteiger charge is -2.13. The molecular formula is C21H24N2O5. The number of carbonyl (C=O) groups is 2. The molecule has 0 aliphatic carbocycles. The van der Waals surface area contributed by atoms with E-state index < -0.39 is 5.91 Å². The van der Waals surface area contributed by atoms with E-state index in [1.165, 1.54) is 6.92 Å². The van der Waals surface area contributed by atoms with Crippen LogP contribution in [-0.2, 0) is 9.47 Å². The van der Waals surface area contributed by atoms with E-state index in [-0.39, 0.29) is 11.9 Å². The standard InChI is InChI=1S/C21H24N2O5/c1-14(24)19-7-2-15(21(22)25)12-20(19)23-16-3-5-17(6-4-16)27-10-11-28-18-8-9-26-13-18/h2-7,12,18,23H,8-11,13H2,1H3,(H2,22,25). The highest BCUT2D eigenvalue weighted by Crippen LogP contribution is 2.25. The molecule has 0 aromatic heterocycles. The minimum Gasteiger partial charge on any atom is -0.491 e. The van der Waals surface area contributed by atoms with Gasteiger partial charge in [-0.15, -0.1) is 0 Å². The van der Waals surface area contributed by atoms with Gasteiger partial charge in [0, 0.05) is 23.4 Å². The lowest BCUT2D eigenvalue weighted by atomic mass is 10.1. The summed E-state index contributed by atoms with van der Waals surface area (Å²) in [6, 6.07) is 12.0. The fourth-order valence-corrected chi connectivity index (χ4v) is 2.92. The fraction of sp³-hybridized carbons (Fsp3) is 0.333. The topological polar surface area (TPSA) is 99.9 Å². The number of hydrogen-bond acceptors (Lipinski definition) is 6. The number of Topliss-reactive ketones (excluding diaryl/α,β-unsaturated/α-hetero) is 1. The molecule has 3 rings (SSSR count). The summed E-state index contributed by atoms with van der Waals surface area (Å²) in [6.07, 6.45) is 1.10. The number of ether oxygens (including phenoxy) is 3. The van der Waals surface area contributed by atoms with Crippen molar-refractivity contribution in [1.82, 2.24) is 0 Å². The molecule has 1 atom stereocenters. The summed E-state index contributed by atoms with van der Waals surface area (Å²) in [5.41, 5.74) is 7.44. The van der Waals surface area contributed by atoms with E-state index >= 15 is 0 Å². The first-order chi connectivity index (χ1) is 13.5. The van der Waals surface area contributed by atoms with Crippen LogP contribution in [0.3, 0.4) is 0 Å². The average Bonchev–Trinajstić information content (AvgIpc) is 3.19. The largest absolute Gasteiger partial charge is 0.491 e. The van der Waals surface area contributed by atoms with Gasteiger partial charge in [0.25, 0.3) is 0 Å². The first-order valence-electron chi connectivity index (χ1n) is 9.17. The molecule has 2 aromatic carbocycles. The molecular weight excluding hydrogens is 360 g/mol. The van der Waals surface area contributed by atoms with Crippen LogP contribution in [0.15, 0.2) is 42.5 Å². The number of ketones is 1. The van der Waals surface area contributed by atoms with Crippen molar-refractivity contribution in [1.29, 1.82) is 0 Å². The van der Waals surface area contributed by atoms with Crippen LogP contribution in [0.4, 0.5) is 11.4 Å². The molecule has 1 aliphatic heterocycles. The van der Waals surface area contributed by atoms with Crippen molar-refractivity contribution in [3.05, 3.63) is 53.6 Å². The van der Waals surface area contributed by atoms with E-state index in [9.17, 15) is 9.59 Å².